The molecule has 0 spiro atoms. The van der Waals surface area contributed by atoms with Crippen molar-refractivity contribution < 1.29 is 29.1 Å². The Balaban J connectivity index is 1.64. The summed E-state index contributed by atoms with van der Waals surface area (Å²) in [6.45, 7) is 10.5. The standard InChI is InChI=1S/C28H37N3O6/c1-19-6-7-20(2)22(16-19)18-36-23-10-8-21(9-11-23)25(33)29-28(17-24(32)30-35)12-14-31(15-13-28)26(34)37-27(3,4)5/h6-11,16,35H,12-15,17-18H2,1-5H3,(H,29,33)(H,30,32). The molecule has 1 aliphatic heterocycles. The number of likely N-dealkylation sites (tertiary alicyclic amines) is 1. The zero-order valence-corrected chi connectivity index (χ0v) is 22.2. The summed E-state index contributed by atoms with van der Waals surface area (Å²) in [6.07, 6.45) is 0.120. The van der Waals surface area contributed by atoms with E-state index in [1.54, 1.807) is 55.4 Å². The van der Waals surface area contributed by atoms with E-state index in [1.165, 1.54) is 0 Å². The number of hydroxylamine groups is 1. The van der Waals surface area contributed by atoms with Crippen molar-refractivity contribution in [2.75, 3.05) is 13.1 Å². The molecule has 200 valence electrons. The van der Waals surface area contributed by atoms with Crippen molar-refractivity contribution in [3.63, 3.8) is 0 Å². The van der Waals surface area contributed by atoms with Crippen LogP contribution >= 0.6 is 0 Å². The molecule has 3 amide bonds. The molecule has 0 aromatic heterocycles. The predicted molar refractivity (Wildman–Crippen MR) is 138 cm³/mol. The van der Waals surface area contributed by atoms with Gasteiger partial charge in [-0.25, -0.2) is 10.3 Å². The summed E-state index contributed by atoms with van der Waals surface area (Å²) in [4.78, 5) is 39.2. The fourth-order valence-corrected chi connectivity index (χ4v) is 4.27. The summed E-state index contributed by atoms with van der Waals surface area (Å²) in [5.41, 5.74) is 3.94. The van der Waals surface area contributed by atoms with Gasteiger partial charge in [0.2, 0.25) is 5.91 Å². The number of piperidine rings is 1. The number of carbonyl (C=O) groups excluding carboxylic acids is 3. The molecule has 9 heteroatoms. The Morgan fingerprint density at radius 2 is 1.68 bits per heavy atom. The van der Waals surface area contributed by atoms with Crippen molar-refractivity contribution in [2.45, 2.75) is 71.6 Å². The summed E-state index contributed by atoms with van der Waals surface area (Å²) in [7, 11) is 0. The molecule has 1 fully saturated rings. The van der Waals surface area contributed by atoms with Gasteiger partial charge in [-0.15, -0.1) is 0 Å². The van der Waals surface area contributed by atoms with E-state index >= 15 is 0 Å². The zero-order chi connectivity index (χ0) is 27.2. The largest absolute Gasteiger partial charge is 0.489 e. The second-order valence-electron chi connectivity index (χ2n) is 10.7. The fourth-order valence-electron chi connectivity index (χ4n) is 4.27. The van der Waals surface area contributed by atoms with E-state index in [0.717, 1.165) is 16.7 Å². The normalized spacial score (nSPS) is 15.0. The van der Waals surface area contributed by atoms with Crippen LogP contribution in [0.2, 0.25) is 0 Å². The molecule has 0 aliphatic carbocycles. The number of nitrogens with one attached hydrogen (secondary N) is 2. The average molecular weight is 512 g/mol. The summed E-state index contributed by atoms with van der Waals surface area (Å²) < 4.78 is 11.3. The Kier molecular flexibility index (Phi) is 8.81. The lowest BCUT2D eigenvalue weighted by atomic mass is 9.83. The van der Waals surface area contributed by atoms with Gasteiger partial charge in [0.05, 0.1) is 12.0 Å². The highest BCUT2D eigenvalue weighted by atomic mass is 16.6. The third kappa shape index (κ3) is 7.95. The molecule has 0 saturated carbocycles. The summed E-state index contributed by atoms with van der Waals surface area (Å²) in [6, 6.07) is 13.0. The molecule has 0 radical (unpaired) electrons. The van der Waals surface area contributed by atoms with Gasteiger partial charge in [-0.05, 0) is 82.9 Å². The minimum atomic E-state index is -0.916. The second-order valence-corrected chi connectivity index (χ2v) is 10.7. The summed E-state index contributed by atoms with van der Waals surface area (Å²) in [5, 5.41) is 12.1. The number of amides is 3. The lowest BCUT2D eigenvalue weighted by Crippen LogP contribution is -2.58. The van der Waals surface area contributed by atoms with Crippen molar-refractivity contribution in [3.05, 3.63) is 64.7 Å². The first-order valence-electron chi connectivity index (χ1n) is 12.4. The molecule has 2 aromatic rings. The quantitative estimate of drug-likeness (QED) is 0.377. The van der Waals surface area contributed by atoms with Crippen LogP contribution in [0.3, 0.4) is 0 Å². The molecule has 1 heterocycles. The maximum atomic E-state index is 13.1. The molecule has 9 nitrogen and oxygen atoms in total. The SMILES string of the molecule is Cc1ccc(C)c(COc2ccc(C(=O)NC3(CC(=O)NO)CCN(C(=O)OC(C)(C)C)CC3)cc2)c1. The molecule has 3 rings (SSSR count). The van der Waals surface area contributed by atoms with Crippen LogP contribution in [0.5, 0.6) is 5.75 Å². The van der Waals surface area contributed by atoms with Gasteiger partial charge in [0.25, 0.3) is 5.91 Å². The van der Waals surface area contributed by atoms with E-state index in [4.69, 9.17) is 14.7 Å². The van der Waals surface area contributed by atoms with E-state index in [-0.39, 0.29) is 12.3 Å². The molecule has 3 N–H and O–H groups in total. The van der Waals surface area contributed by atoms with Crippen molar-refractivity contribution in [3.8, 4) is 5.75 Å². The number of benzene rings is 2. The molecule has 2 aromatic carbocycles. The lowest BCUT2D eigenvalue weighted by molar-refractivity contribution is -0.131. The Hall–Kier alpha value is -3.59. The summed E-state index contributed by atoms with van der Waals surface area (Å²) in [5.74, 6) is -0.323. The summed E-state index contributed by atoms with van der Waals surface area (Å²) >= 11 is 0. The van der Waals surface area contributed by atoms with Crippen molar-refractivity contribution in [1.82, 2.24) is 15.7 Å². The van der Waals surface area contributed by atoms with E-state index < -0.39 is 23.1 Å². The van der Waals surface area contributed by atoms with Gasteiger partial charge < -0.3 is 19.7 Å². The second kappa shape index (κ2) is 11.6. The van der Waals surface area contributed by atoms with Crippen LogP contribution in [0.4, 0.5) is 4.79 Å². The van der Waals surface area contributed by atoms with Crippen LogP contribution in [0.25, 0.3) is 0 Å². The minimum Gasteiger partial charge on any atom is -0.489 e. The number of aryl methyl sites for hydroxylation is 2. The molecule has 0 bridgehead atoms. The predicted octanol–water partition coefficient (Wildman–Crippen LogP) is 4.28. The third-order valence-corrected chi connectivity index (χ3v) is 6.39. The lowest BCUT2D eigenvalue weighted by Gasteiger charge is -2.42. The van der Waals surface area contributed by atoms with Gasteiger partial charge in [0.1, 0.15) is 18.0 Å². The number of rotatable bonds is 7. The average Bonchev–Trinajstić information content (AvgIpc) is 2.84. The first-order valence-corrected chi connectivity index (χ1v) is 12.4. The van der Waals surface area contributed by atoms with Crippen molar-refractivity contribution in [2.24, 2.45) is 0 Å². The third-order valence-electron chi connectivity index (χ3n) is 6.39. The van der Waals surface area contributed by atoms with E-state index in [9.17, 15) is 14.4 Å². The van der Waals surface area contributed by atoms with Crippen LogP contribution < -0.4 is 15.5 Å². The number of ether oxygens (including phenoxy) is 2. The first-order chi connectivity index (χ1) is 17.4. The van der Waals surface area contributed by atoms with Crippen LogP contribution in [0.1, 0.15) is 67.1 Å². The highest BCUT2D eigenvalue weighted by molar-refractivity contribution is 5.95. The van der Waals surface area contributed by atoms with E-state index in [0.29, 0.717) is 43.9 Å². The van der Waals surface area contributed by atoms with E-state index in [2.05, 4.69) is 23.5 Å². The molecule has 1 saturated heterocycles. The molecule has 37 heavy (non-hydrogen) atoms. The molecular weight excluding hydrogens is 474 g/mol. The van der Waals surface area contributed by atoms with Crippen LogP contribution in [0.15, 0.2) is 42.5 Å². The maximum absolute atomic E-state index is 13.1. The van der Waals surface area contributed by atoms with Gasteiger partial charge in [0.15, 0.2) is 0 Å². The van der Waals surface area contributed by atoms with Gasteiger partial charge in [0, 0.05) is 18.7 Å². The Bertz CT molecular complexity index is 1120. The Morgan fingerprint density at radius 3 is 2.27 bits per heavy atom. The van der Waals surface area contributed by atoms with Gasteiger partial charge in [-0.3, -0.25) is 14.8 Å². The smallest absolute Gasteiger partial charge is 0.410 e. The Labute approximate surface area is 218 Å². The van der Waals surface area contributed by atoms with Gasteiger partial charge in [-0.1, -0.05) is 23.8 Å². The topological polar surface area (TPSA) is 117 Å². The number of hydrogen-bond acceptors (Lipinski definition) is 6. The minimum absolute atomic E-state index is 0.117. The first kappa shape index (κ1) is 28.0. The van der Waals surface area contributed by atoms with Crippen LogP contribution in [-0.2, 0) is 16.1 Å². The number of hydrogen-bond donors (Lipinski definition) is 3. The maximum Gasteiger partial charge on any atom is 0.410 e. The molecule has 1 aliphatic rings. The monoisotopic (exact) mass is 511 g/mol. The van der Waals surface area contributed by atoms with Crippen molar-refractivity contribution >= 4 is 17.9 Å². The number of carbonyl (C=O) groups is 3. The van der Waals surface area contributed by atoms with Gasteiger partial charge in [-0.2, -0.15) is 0 Å². The van der Waals surface area contributed by atoms with Gasteiger partial charge >= 0.3 is 6.09 Å². The van der Waals surface area contributed by atoms with Crippen LogP contribution in [0, 0.1) is 13.8 Å². The number of nitrogens with zero attached hydrogens (tertiary/aromatic N) is 1. The highest BCUT2D eigenvalue weighted by Gasteiger charge is 2.40. The molecule has 0 unspecified atom stereocenters. The van der Waals surface area contributed by atoms with Crippen molar-refractivity contribution in [1.29, 1.82) is 0 Å². The molecular formula is C28H37N3O6. The van der Waals surface area contributed by atoms with Crippen LogP contribution in [-0.4, -0.2) is 52.2 Å². The molecule has 0 atom stereocenters. The highest BCUT2D eigenvalue weighted by Crippen LogP contribution is 2.28. The Morgan fingerprint density at radius 1 is 1.03 bits per heavy atom. The fraction of sp³-hybridized carbons (Fsp3) is 0.464. The zero-order valence-electron chi connectivity index (χ0n) is 22.2. The van der Waals surface area contributed by atoms with E-state index in [1.807, 2.05) is 13.8 Å².